The summed E-state index contributed by atoms with van der Waals surface area (Å²) in [7, 11) is 3.57. The number of halogens is 1. The number of hydrazine groups is 2. The molecule has 0 aliphatic carbocycles. The van der Waals surface area contributed by atoms with Gasteiger partial charge in [0.05, 0.1) is 11.9 Å². The van der Waals surface area contributed by atoms with E-state index in [9.17, 15) is 4.79 Å². The van der Waals surface area contributed by atoms with Gasteiger partial charge in [0.25, 0.3) is 0 Å². The first kappa shape index (κ1) is 15.3. The summed E-state index contributed by atoms with van der Waals surface area (Å²) in [4.78, 5) is 11.9. The Morgan fingerprint density at radius 1 is 1.29 bits per heavy atom. The lowest BCUT2D eigenvalue weighted by molar-refractivity contribution is 0.0781. The van der Waals surface area contributed by atoms with Crippen molar-refractivity contribution in [2.45, 2.75) is 13.8 Å². The molecule has 21 heavy (non-hydrogen) atoms. The lowest BCUT2D eigenvalue weighted by atomic mass is 10.1. The van der Waals surface area contributed by atoms with Crippen molar-refractivity contribution in [2.75, 3.05) is 19.1 Å². The van der Waals surface area contributed by atoms with Crippen LogP contribution in [-0.4, -0.2) is 30.3 Å². The summed E-state index contributed by atoms with van der Waals surface area (Å²) in [6, 6.07) is 5.29. The van der Waals surface area contributed by atoms with Crippen LogP contribution in [0.25, 0.3) is 0 Å². The fourth-order valence-electron chi connectivity index (χ4n) is 2.07. The molecule has 0 bridgehead atoms. The molecule has 1 amide bonds. The van der Waals surface area contributed by atoms with E-state index in [4.69, 9.17) is 16.1 Å². The van der Waals surface area contributed by atoms with Gasteiger partial charge in [-0.05, 0) is 31.0 Å². The fraction of sp³-hybridized carbons (Fsp3) is 0.286. The van der Waals surface area contributed by atoms with Gasteiger partial charge in [0, 0.05) is 25.2 Å². The third-order valence-corrected chi connectivity index (χ3v) is 3.67. The van der Waals surface area contributed by atoms with Crippen molar-refractivity contribution in [1.29, 1.82) is 0 Å². The number of hydrogen-bond acceptors (Lipinski definition) is 5. The summed E-state index contributed by atoms with van der Waals surface area (Å²) in [6.45, 7) is 3.93. The second kappa shape index (κ2) is 6.15. The minimum absolute atomic E-state index is 0.148. The van der Waals surface area contributed by atoms with Gasteiger partial charge in [-0.25, -0.2) is 0 Å². The molecule has 2 aromatic rings. The summed E-state index contributed by atoms with van der Waals surface area (Å²) in [5, 5.41) is 7.56. The lowest BCUT2D eigenvalue weighted by Crippen LogP contribution is -2.49. The molecule has 0 aliphatic rings. The van der Waals surface area contributed by atoms with E-state index in [0.29, 0.717) is 5.02 Å². The minimum atomic E-state index is -0.376. The normalized spacial score (nSPS) is 10.8. The zero-order chi connectivity index (χ0) is 15.6. The number of hydrogen-bond donors (Lipinski definition) is 1. The standard InChI is InChI=1S/C14H17ClN4O2/c1-9-5-6-11(15)10(2)13(9)18(3)19(4)17-14(20)12-7-8-16-21-12/h5-8H,1-4H3,(H,17,20). The second-order valence-corrected chi connectivity index (χ2v) is 5.11. The Morgan fingerprint density at radius 2 is 2.00 bits per heavy atom. The molecule has 7 heteroatoms. The van der Waals surface area contributed by atoms with Gasteiger partial charge in [-0.1, -0.05) is 22.8 Å². The molecule has 1 heterocycles. The summed E-state index contributed by atoms with van der Waals surface area (Å²) in [6.07, 6.45) is 1.42. The molecule has 112 valence electrons. The average molecular weight is 309 g/mol. The first-order valence-electron chi connectivity index (χ1n) is 6.36. The first-order chi connectivity index (χ1) is 9.91. The van der Waals surface area contributed by atoms with Crippen LogP contribution in [0.15, 0.2) is 28.9 Å². The summed E-state index contributed by atoms with van der Waals surface area (Å²) in [5.41, 5.74) is 5.63. The summed E-state index contributed by atoms with van der Waals surface area (Å²) < 4.78 is 4.82. The highest BCUT2D eigenvalue weighted by atomic mass is 35.5. The van der Waals surface area contributed by atoms with Crippen molar-refractivity contribution >= 4 is 23.2 Å². The summed E-state index contributed by atoms with van der Waals surface area (Å²) >= 11 is 6.17. The van der Waals surface area contributed by atoms with Crippen molar-refractivity contribution in [3.63, 3.8) is 0 Å². The quantitative estimate of drug-likeness (QED) is 0.880. The molecule has 1 N–H and O–H groups in total. The van der Waals surface area contributed by atoms with E-state index in [1.165, 1.54) is 12.3 Å². The fourth-order valence-corrected chi connectivity index (χ4v) is 2.22. The molecule has 0 fully saturated rings. The molecule has 1 aromatic heterocycles. The minimum Gasteiger partial charge on any atom is -0.351 e. The molecular weight excluding hydrogens is 292 g/mol. The maximum Gasteiger partial charge on any atom is 0.305 e. The van der Waals surface area contributed by atoms with Crippen LogP contribution in [0.2, 0.25) is 5.02 Å². The number of amides is 1. The van der Waals surface area contributed by atoms with Crippen molar-refractivity contribution in [1.82, 2.24) is 15.7 Å². The Kier molecular flexibility index (Phi) is 4.50. The van der Waals surface area contributed by atoms with E-state index in [1.54, 1.807) is 12.2 Å². The second-order valence-electron chi connectivity index (χ2n) is 4.70. The number of aromatic nitrogens is 1. The van der Waals surface area contributed by atoms with Crippen molar-refractivity contribution in [3.05, 3.63) is 46.3 Å². The predicted octanol–water partition coefficient (Wildman–Crippen LogP) is 2.57. The van der Waals surface area contributed by atoms with Crippen LogP contribution in [0, 0.1) is 13.8 Å². The maximum atomic E-state index is 11.9. The van der Waals surface area contributed by atoms with Crippen LogP contribution in [-0.2, 0) is 0 Å². The molecule has 2 rings (SSSR count). The molecule has 0 spiro atoms. The molecule has 0 unspecified atom stereocenters. The molecule has 6 nitrogen and oxygen atoms in total. The van der Waals surface area contributed by atoms with Crippen molar-refractivity contribution in [3.8, 4) is 0 Å². The number of carbonyl (C=O) groups is 1. The first-order valence-corrected chi connectivity index (χ1v) is 6.74. The van der Waals surface area contributed by atoms with Gasteiger partial charge in [-0.3, -0.25) is 15.2 Å². The predicted molar refractivity (Wildman–Crippen MR) is 81.1 cm³/mol. The van der Waals surface area contributed by atoms with Crippen molar-refractivity contribution < 1.29 is 9.32 Å². The Morgan fingerprint density at radius 3 is 2.62 bits per heavy atom. The Hall–Kier alpha value is -2.05. The van der Waals surface area contributed by atoms with Gasteiger partial charge >= 0.3 is 5.91 Å². The van der Waals surface area contributed by atoms with Gasteiger partial charge in [0.1, 0.15) is 0 Å². The van der Waals surface area contributed by atoms with Crippen LogP contribution in [0.3, 0.4) is 0 Å². The van der Waals surface area contributed by atoms with Gasteiger partial charge < -0.3 is 4.52 Å². The zero-order valence-corrected chi connectivity index (χ0v) is 13.1. The molecule has 1 aromatic carbocycles. The number of carbonyl (C=O) groups excluding carboxylic acids is 1. The number of anilines is 1. The van der Waals surface area contributed by atoms with E-state index < -0.39 is 0 Å². The summed E-state index contributed by atoms with van der Waals surface area (Å²) in [5.74, 6) is -0.228. The van der Waals surface area contributed by atoms with Gasteiger partial charge in [0.15, 0.2) is 0 Å². The number of aryl methyl sites for hydroxylation is 1. The van der Waals surface area contributed by atoms with E-state index >= 15 is 0 Å². The number of nitrogens with one attached hydrogen (secondary N) is 1. The molecule has 0 radical (unpaired) electrons. The Labute approximate surface area is 128 Å². The Balaban J connectivity index is 2.18. The van der Waals surface area contributed by atoms with Crippen LogP contribution < -0.4 is 10.4 Å². The monoisotopic (exact) mass is 308 g/mol. The van der Waals surface area contributed by atoms with E-state index in [0.717, 1.165) is 16.8 Å². The highest BCUT2D eigenvalue weighted by Gasteiger charge is 2.18. The highest BCUT2D eigenvalue weighted by Crippen LogP contribution is 2.29. The van der Waals surface area contributed by atoms with Crippen LogP contribution in [0.1, 0.15) is 21.7 Å². The third kappa shape index (κ3) is 3.17. The van der Waals surface area contributed by atoms with E-state index in [-0.39, 0.29) is 11.7 Å². The van der Waals surface area contributed by atoms with E-state index in [2.05, 4.69) is 10.6 Å². The SMILES string of the molecule is Cc1ccc(Cl)c(C)c1N(C)N(C)NC(=O)c1ccno1. The number of benzene rings is 1. The lowest BCUT2D eigenvalue weighted by Gasteiger charge is -2.32. The van der Waals surface area contributed by atoms with Gasteiger partial charge in [0.2, 0.25) is 5.76 Å². The third-order valence-electron chi connectivity index (χ3n) is 3.27. The molecule has 0 aliphatic heterocycles. The zero-order valence-electron chi connectivity index (χ0n) is 12.3. The topological polar surface area (TPSA) is 61.6 Å². The van der Waals surface area contributed by atoms with E-state index in [1.807, 2.05) is 38.0 Å². The largest absolute Gasteiger partial charge is 0.351 e. The van der Waals surface area contributed by atoms with Crippen LogP contribution >= 0.6 is 11.6 Å². The molecule has 0 saturated carbocycles. The average Bonchev–Trinajstić information content (AvgIpc) is 2.97. The molecule has 0 saturated heterocycles. The highest BCUT2D eigenvalue weighted by molar-refractivity contribution is 6.31. The molecular formula is C14H17ClN4O2. The molecule has 0 atom stereocenters. The number of rotatable bonds is 4. The Bertz CT molecular complexity index is 643. The van der Waals surface area contributed by atoms with Gasteiger partial charge in [-0.15, -0.1) is 5.12 Å². The number of nitrogens with zero attached hydrogens (tertiary/aromatic N) is 3. The van der Waals surface area contributed by atoms with Crippen molar-refractivity contribution in [2.24, 2.45) is 0 Å². The maximum absolute atomic E-state index is 11.9. The van der Waals surface area contributed by atoms with Gasteiger partial charge in [-0.2, -0.15) is 0 Å². The smallest absolute Gasteiger partial charge is 0.305 e. The van der Waals surface area contributed by atoms with Crippen LogP contribution in [0.5, 0.6) is 0 Å². The van der Waals surface area contributed by atoms with Crippen LogP contribution in [0.4, 0.5) is 5.69 Å².